The summed E-state index contributed by atoms with van der Waals surface area (Å²) in [6, 6.07) is 6.29. The SMILES string of the molecule is CNc1ccc(Br)cc1N1CCOCC1. The Morgan fingerprint density at radius 3 is 2.73 bits per heavy atom. The van der Waals surface area contributed by atoms with Crippen molar-refractivity contribution in [3.63, 3.8) is 0 Å². The summed E-state index contributed by atoms with van der Waals surface area (Å²) in [5.41, 5.74) is 2.41. The van der Waals surface area contributed by atoms with E-state index in [-0.39, 0.29) is 0 Å². The first-order valence-electron chi connectivity index (χ1n) is 5.11. The lowest BCUT2D eigenvalue weighted by Crippen LogP contribution is -2.36. The summed E-state index contributed by atoms with van der Waals surface area (Å²) in [4.78, 5) is 2.35. The molecule has 2 rings (SSSR count). The van der Waals surface area contributed by atoms with Gasteiger partial charge in [0.25, 0.3) is 0 Å². The van der Waals surface area contributed by atoms with E-state index >= 15 is 0 Å². The first-order valence-corrected chi connectivity index (χ1v) is 5.90. The number of halogens is 1. The second kappa shape index (κ2) is 4.86. The summed E-state index contributed by atoms with van der Waals surface area (Å²) < 4.78 is 6.47. The fourth-order valence-electron chi connectivity index (χ4n) is 1.78. The summed E-state index contributed by atoms with van der Waals surface area (Å²) in [5.74, 6) is 0. The Hall–Kier alpha value is -0.740. The van der Waals surface area contributed by atoms with Gasteiger partial charge in [0.2, 0.25) is 0 Å². The zero-order valence-corrected chi connectivity index (χ0v) is 10.4. The van der Waals surface area contributed by atoms with E-state index in [2.05, 4.69) is 44.3 Å². The van der Waals surface area contributed by atoms with E-state index in [9.17, 15) is 0 Å². The molecule has 0 atom stereocenters. The van der Waals surface area contributed by atoms with Gasteiger partial charge in [-0.05, 0) is 18.2 Å². The molecule has 0 unspecified atom stereocenters. The molecule has 0 aliphatic carbocycles. The van der Waals surface area contributed by atoms with Crippen LogP contribution in [0.3, 0.4) is 0 Å². The molecule has 0 radical (unpaired) electrons. The lowest BCUT2D eigenvalue weighted by atomic mass is 10.2. The molecule has 3 nitrogen and oxygen atoms in total. The average Bonchev–Trinajstić information content (AvgIpc) is 2.30. The number of hydrogen-bond acceptors (Lipinski definition) is 3. The Balaban J connectivity index is 2.27. The second-order valence-electron chi connectivity index (χ2n) is 3.51. The van der Waals surface area contributed by atoms with E-state index in [1.165, 1.54) is 11.4 Å². The summed E-state index contributed by atoms with van der Waals surface area (Å²) >= 11 is 3.51. The third-order valence-corrected chi connectivity index (χ3v) is 3.07. The lowest BCUT2D eigenvalue weighted by Gasteiger charge is -2.30. The Morgan fingerprint density at radius 1 is 1.33 bits per heavy atom. The van der Waals surface area contributed by atoms with Gasteiger partial charge in [-0.3, -0.25) is 0 Å². The summed E-state index contributed by atoms with van der Waals surface area (Å²) in [6.45, 7) is 3.56. The van der Waals surface area contributed by atoms with Crippen LogP contribution in [0.4, 0.5) is 11.4 Å². The third kappa shape index (κ3) is 2.44. The lowest BCUT2D eigenvalue weighted by molar-refractivity contribution is 0.123. The summed E-state index contributed by atoms with van der Waals surface area (Å²) in [6.07, 6.45) is 0. The smallest absolute Gasteiger partial charge is 0.0642 e. The van der Waals surface area contributed by atoms with Crippen LogP contribution in [-0.4, -0.2) is 33.4 Å². The molecular formula is C11H15BrN2O. The van der Waals surface area contributed by atoms with E-state index in [0.29, 0.717) is 0 Å². The van der Waals surface area contributed by atoms with Crippen LogP contribution in [0.2, 0.25) is 0 Å². The van der Waals surface area contributed by atoms with Crippen molar-refractivity contribution in [3.8, 4) is 0 Å². The minimum absolute atomic E-state index is 0.815. The Labute approximate surface area is 98.5 Å². The molecule has 0 aromatic heterocycles. The van der Waals surface area contributed by atoms with Crippen molar-refractivity contribution in [1.82, 2.24) is 0 Å². The average molecular weight is 271 g/mol. The van der Waals surface area contributed by atoms with Gasteiger partial charge in [-0.2, -0.15) is 0 Å². The van der Waals surface area contributed by atoms with Crippen LogP contribution in [0.25, 0.3) is 0 Å². The largest absolute Gasteiger partial charge is 0.386 e. The van der Waals surface area contributed by atoms with Crippen LogP contribution in [0.1, 0.15) is 0 Å². The van der Waals surface area contributed by atoms with Crippen LogP contribution in [0.5, 0.6) is 0 Å². The standard InChI is InChI=1S/C11H15BrN2O/c1-13-10-3-2-9(12)8-11(10)14-4-6-15-7-5-14/h2-3,8,13H,4-7H2,1H3. The molecule has 0 saturated carbocycles. The highest BCUT2D eigenvalue weighted by molar-refractivity contribution is 9.10. The van der Waals surface area contributed by atoms with Crippen molar-refractivity contribution in [2.24, 2.45) is 0 Å². The first-order chi connectivity index (χ1) is 7.31. The summed E-state index contributed by atoms with van der Waals surface area (Å²) in [5, 5.41) is 3.22. The number of anilines is 2. The maximum atomic E-state index is 5.35. The highest BCUT2D eigenvalue weighted by Crippen LogP contribution is 2.29. The molecular weight excluding hydrogens is 256 g/mol. The molecule has 1 aliphatic heterocycles. The number of rotatable bonds is 2. The molecule has 4 heteroatoms. The zero-order chi connectivity index (χ0) is 10.7. The van der Waals surface area contributed by atoms with Crippen molar-refractivity contribution >= 4 is 27.3 Å². The normalized spacial score (nSPS) is 16.5. The molecule has 1 N–H and O–H groups in total. The van der Waals surface area contributed by atoms with Gasteiger partial charge < -0.3 is 15.0 Å². The molecule has 0 amide bonds. The van der Waals surface area contributed by atoms with Crippen molar-refractivity contribution in [1.29, 1.82) is 0 Å². The van der Waals surface area contributed by atoms with Crippen molar-refractivity contribution in [2.45, 2.75) is 0 Å². The monoisotopic (exact) mass is 270 g/mol. The second-order valence-corrected chi connectivity index (χ2v) is 4.43. The molecule has 1 saturated heterocycles. The van der Waals surface area contributed by atoms with Gasteiger partial charge in [0.15, 0.2) is 0 Å². The number of benzene rings is 1. The van der Waals surface area contributed by atoms with Crippen molar-refractivity contribution in [2.75, 3.05) is 43.6 Å². The summed E-state index contributed by atoms with van der Waals surface area (Å²) in [7, 11) is 1.95. The molecule has 82 valence electrons. The maximum Gasteiger partial charge on any atom is 0.0642 e. The molecule has 1 heterocycles. The fourth-order valence-corrected chi connectivity index (χ4v) is 2.13. The molecule has 15 heavy (non-hydrogen) atoms. The molecule has 1 fully saturated rings. The van der Waals surface area contributed by atoms with Crippen LogP contribution < -0.4 is 10.2 Å². The van der Waals surface area contributed by atoms with Crippen LogP contribution in [-0.2, 0) is 4.74 Å². The van der Waals surface area contributed by atoms with Gasteiger partial charge in [-0.15, -0.1) is 0 Å². The Kier molecular flexibility index (Phi) is 3.49. The Morgan fingerprint density at radius 2 is 2.07 bits per heavy atom. The van der Waals surface area contributed by atoms with E-state index in [1.54, 1.807) is 0 Å². The molecule has 1 aromatic rings. The van der Waals surface area contributed by atoms with Gasteiger partial charge in [-0.25, -0.2) is 0 Å². The number of ether oxygens (including phenoxy) is 1. The highest BCUT2D eigenvalue weighted by atomic mass is 79.9. The predicted octanol–water partition coefficient (Wildman–Crippen LogP) is 2.33. The van der Waals surface area contributed by atoms with Gasteiger partial charge in [0.1, 0.15) is 0 Å². The van der Waals surface area contributed by atoms with E-state index < -0.39 is 0 Å². The Bertz CT molecular complexity index is 337. The number of hydrogen-bond donors (Lipinski definition) is 1. The molecule has 0 bridgehead atoms. The van der Waals surface area contributed by atoms with Crippen molar-refractivity contribution in [3.05, 3.63) is 22.7 Å². The van der Waals surface area contributed by atoms with Crippen LogP contribution in [0, 0.1) is 0 Å². The number of nitrogens with one attached hydrogen (secondary N) is 1. The third-order valence-electron chi connectivity index (χ3n) is 2.58. The fraction of sp³-hybridized carbons (Fsp3) is 0.455. The van der Waals surface area contributed by atoms with Gasteiger partial charge in [0, 0.05) is 24.6 Å². The number of nitrogens with zero attached hydrogens (tertiary/aromatic N) is 1. The maximum absolute atomic E-state index is 5.35. The van der Waals surface area contributed by atoms with Crippen LogP contribution >= 0.6 is 15.9 Å². The zero-order valence-electron chi connectivity index (χ0n) is 8.79. The van der Waals surface area contributed by atoms with Gasteiger partial charge in [0.05, 0.1) is 24.6 Å². The van der Waals surface area contributed by atoms with E-state index in [4.69, 9.17) is 4.74 Å². The highest BCUT2D eigenvalue weighted by Gasteiger charge is 2.14. The molecule has 1 aliphatic rings. The van der Waals surface area contributed by atoms with E-state index in [0.717, 1.165) is 30.8 Å². The molecule has 0 spiro atoms. The quantitative estimate of drug-likeness (QED) is 0.893. The van der Waals surface area contributed by atoms with Gasteiger partial charge >= 0.3 is 0 Å². The topological polar surface area (TPSA) is 24.5 Å². The van der Waals surface area contributed by atoms with Crippen molar-refractivity contribution < 1.29 is 4.74 Å². The minimum atomic E-state index is 0.815. The minimum Gasteiger partial charge on any atom is -0.386 e. The van der Waals surface area contributed by atoms with Gasteiger partial charge in [-0.1, -0.05) is 15.9 Å². The first kappa shape index (κ1) is 10.8. The van der Waals surface area contributed by atoms with E-state index in [1.807, 2.05) is 7.05 Å². The number of morpholine rings is 1. The molecule has 1 aromatic carbocycles. The van der Waals surface area contributed by atoms with Crippen LogP contribution in [0.15, 0.2) is 22.7 Å². The predicted molar refractivity (Wildman–Crippen MR) is 66.7 cm³/mol.